The zero-order valence-electron chi connectivity index (χ0n) is 7.45. The van der Waals surface area contributed by atoms with Crippen LogP contribution in [0.15, 0.2) is 23.1 Å². The zero-order chi connectivity index (χ0) is 9.84. The highest BCUT2D eigenvalue weighted by molar-refractivity contribution is 7.80. The van der Waals surface area contributed by atoms with E-state index in [1.165, 1.54) is 0 Å². The Kier molecular flexibility index (Phi) is 3.37. The molecule has 0 spiro atoms. The predicted molar refractivity (Wildman–Crippen MR) is 54.4 cm³/mol. The Balaban J connectivity index is 2.99. The molecule has 1 N–H and O–H groups in total. The maximum atomic E-state index is 10.5. The molecule has 0 amide bonds. The maximum absolute atomic E-state index is 10.5. The fraction of sp³-hybridized carbons (Fsp3) is 0.300. The molecule has 0 aliphatic carbocycles. The summed E-state index contributed by atoms with van der Waals surface area (Å²) in [5.41, 5.74) is 1.95. The number of carboxylic acids is 1. The monoisotopic (exact) mass is 196 g/mol. The van der Waals surface area contributed by atoms with Gasteiger partial charge in [-0.1, -0.05) is 13.0 Å². The van der Waals surface area contributed by atoms with Crippen LogP contribution in [0.3, 0.4) is 0 Å². The Bertz CT molecular complexity index is 321. The van der Waals surface area contributed by atoms with Crippen LogP contribution in [0.2, 0.25) is 0 Å². The molecule has 13 heavy (non-hydrogen) atoms. The van der Waals surface area contributed by atoms with Gasteiger partial charge in [0.15, 0.2) is 0 Å². The third-order valence-electron chi connectivity index (χ3n) is 1.91. The Morgan fingerprint density at radius 2 is 2.15 bits per heavy atom. The van der Waals surface area contributed by atoms with Gasteiger partial charge in [0.05, 0.1) is 6.42 Å². The number of carbonyl (C=O) groups is 1. The van der Waals surface area contributed by atoms with E-state index in [2.05, 4.69) is 12.6 Å². The smallest absolute Gasteiger partial charge is 0.307 e. The standard InChI is InChI=1S/C10H12O2S/c1-2-7-5-9(13)4-3-8(7)6-10(11)12/h3-5,13H,2,6H2,1H3,(H,11,12). The summed E-state index contributed by atoms with van der Waals surface area (Å²) in [4.78, 5) is 11.4. The highest BCUT2D eigenvalue weighted by Crippen LogP contribution is 2.15. The van der Waals surface area contributed by atoms with Crippen molar-refractivity contribution >= 4 is 18.6 Å². The molecule has 0 fully saturated rings. The maximum Gasteiger partial charge on any atom is 0.307 e. The molecule has 0 radical (unpaired) electrons. The van der Waals surface area contributed by atoms with Gasteiger partial charge in [-0.05, 0) is 29.7 Å². The second-order valence-electron chi connectivity index (χ2n) is 2.88. The van der Waals surface area contributed by atoms with Crippen LogP contribution in [0.25, 0.3) is 0 Å². The lowest BCUT2D eigenvalue weighted by Gasteiger charge is -2.05. The van der Waals surface area contributed by atoms with Crippen LogP contribution in [0.1, 0.15) is 18.1 Å². The summed E-state index contributed by atoms with van der Waals surface area (Å²) in [6, 6.07) is 5.57. The average Bonchev–Trinajstić information content (AvgIpc) is 2.07. The van der Waals surface area contributed by atoms with Crippen molar-refractivity contribution in [3.63, 3.8) is 0 Å². The van der Waals surface area contributed by atoms with Crippen molar-refractivity contribution in [1.82, 2.24) is 0 Å². The highest BCUT2D eigenvalue weighted by atomic mass is 32.1. The average molecular weight is 196 g/mol. The van der Waals surface area contributed by atoms with E-state index in [9.17, 15) is 4.79 Å². The summed E-state index contributed by atoms with van der Waals surface area (Å²) in [7, 11) is 0. The first-order valence-electron chi connectivity index (χ1n) is 4.16. The molecule has 0 bridgehead atoms. The topological polar surface area (TPSA) is 37.3 Å². The predicted octanol–water partition coefficient (Wildman–Crippen LogP) is 2.16. The van der Waals surface area contributed by atoms with Gasteiger partial charge in [-0.25, -0.2) is 0 Å². The molecule has 0 aromatic heterocycles. The van der Waals surface area contributed by atoms with Crippen molar-refractivity contribution in [3.05, 3.63) is 29.3 Å². The van der Waals surface area contributed by atoms with Crippen molar-refractivity contribution in [1.29, 1.82) is 0 Å². The van der Waals surface area contributed by atoms with Crippen LogP contribution >= 0.6 is 12.6 Å². The molecule has 0 heterocycles. The summed E-state index contributed by atoms with van der Waals surface area (Å²) >= 11 is 4.20. The largest absolute Gasteiger partial charge is 0.481 e. The molecule has 2 nitrogen and oxygen atoms in total. The van der Waals surface area contributed by atoms with E-state index >= 15 is 0 Å². The van der Waals surface area contributed by atoms with Gasteiger partial charge in [0.2, 0.25) is 0 Å². The molecule has 3 heteroatoms. The number of aliphatic carboxylic acids is 1. The van der Waals surface area contributed by atoms with Gasteiger partial charge in [-0.3, -0.25) is 4.79 Å². The molecule has 1 aromatic rings. The highest BCUT2D eigenvalue weighted by Gasteiger charge is 2.05. The van der Waals surface area contributed by atoms with Gasteiger partial charge in [-0.15, -0.1) is 12.6 Å². The Morgan fingerprint density at radius 3 is 2.69 bits per heavy atom. The molecular formula is C10H12O2S. The van der Waals surface area contributed by atoms with Crippen molar-refractivity contribution < 1.29 is 9.90 Å². The molecule has 0 aliphatic rings. The van der Waals surface area contributed by atoms with E-state index in [4.69, 9.17) is 5.11 Å². The van der Waals surface area contributed by atoms with Crippen LogP contribution < -0.4 is 0 Å². The molecule has 1 rings (SSSR count). The van der Waals surface area contributed by atoms with Crippen molar-refractivity contribution in [2.45, 2.75) is 24.7 Å². The third-order valence-corrected chi connectivity index (χ3v) is 2.19. The van der Waals surface area contributed by atoms with E-state index in [-0.39, 0.29) is 6.42 Å². The lowest BCUT2D eigenvalue weighted by Crippen LogP contribution is -2.03. The van der Waals surface area contributed by atoms with Gasteiger partial charge in [0.25, 0.3) is 0 Å². The van der Waals surface area contributed by atoms with E-state index in [1.807, 2.05) is 25.1 Å². The zero-order valence-corrected chi connectivity index (χ0v) is 8.34. The van der Waals surface area contributed by atoms with Crippen LogP contribution in [-0.4, -0.2) is 11.1 Å². The van der Waals surface area contributed by atoms with Crippen LogP contribution in [0, 0.1) is 0 Å². The van der Waals surface area contributed by atoms with E-state index in [0.29, 0.717) is 0 Å². The lowest BCUT2D eigenvalue weighted by molar-refractivity contribution is -0.136. The number of hydrogen-bond donors (Lipinski definition) is 2. The second kappa shape index (κ2) is 4.33. The first-order valence-corrected chi connectivity index (χ1v) is 4.60. The van der Waals surface area contributed by atoms with Crippen molar-refractivity contribution in [2.24, 2.45) is 0 Å². The minimum atomic E-state index is -0.790. The first kappa shape index (κ1) is 10.1. The molecule has 70 valence electrons. The SMILES string of the molecule is CCc1cc(S)ccc1CC(=O)O. The van der Waals surface area contributed by atoms with E-state index in [1.54, 1.807) is 0 Å². The normalized spacial score (nSPS) is 10.0. The van der Waals surface area contributed by atoms with Gasteiger partial charge in [0.1, 0.15) is 0 Å². The fourth-order valence-corrected chi connectivity index (χ4v) is 1.51. The Morgan fingerprint density at radius 1 is 1.46 bits per heavy atom. The summed E-state index contributed by atoms with van der Waals surface area (Å²) in [5.74, 6) is -0.790. The summed E-state index contributed by atoms with van der Waals surface area (Å²) < 4.78 is 0. The van der Waals surface area contributed by atoms with Gasteiger partial charge < -0.3 is 5.11 Å². The minimum Gasteiger partial charge on any atom is -0.481 e. The van der Waals surface area contributed by atoms with Crippen LogP contribution in [0.5, 0.6) is 0 Å². The van der Waals surface area contributed by atoms with Crippen molar-refractivity contribution in [3.8, 4) is 0 Å². The number of carboxylic acid groups (broad SMARTS) is 1. The Labute approximate surface area is 83.0 Å². The molecule has 0 unspecified atom stereocenters. The molecule has 0 saturated carbocycles. The molecule has 0 saturated heterocycles. The summed E-state index contributed by atoms with van der Waals surface area (Å²) in [5, 5.41) is 8.64. The van der Waals surface area contributed by atoms with Crippen LogP contribution in [0.4, 0.5) is 0 Å². The fourth-order valence-electron chi connectivity index (χ4n) is 1.28. The van der Waals surface area contributed by atoms with E-state index < -0.39 is 5.97 Å². The summed E-state index contributed by atoms with van der Waals surface area (Å²) in [6.45, 7) is 2.01. The van der Waals surface area contributed by atoms with Crippen LogP contribution in [-0.2, 0) is 17.6 Å². The first-order chi connectivity index (χ1) is 6.13. The van der Waals surface area contributed by atoms with E-state index in [0.717, 1.165) is 22.4 Å². The lowest BCUT2D eigenvalue weighted by atomic mass is 10.0. The molecule has 1 aromatic carbocycles. The van der Waals surface area contributed by atoms with Gasteiger partial charge in [0, 0.05) is 4.90 Å². The number of thiol groups is 1. The van der Waals surface area contributed by atoms with Gasteiger partial charge >= 0.3 is 5.97 Å². The number of rotatable bonds is 3. The number of hydrogen-bond acceptors (Lipinski definition) is 2. The quantitative estimate of drug-likeness (QED) is 0.727. The number of aryl methyl sites for hydroxylation is 1. The second-order valence-corrected chi connectivity index (χ2v) is 3.39. The van der Waals surface area contributed by atoms with Gasteiger partial charge in [-0.2, -0.15) is 0 Å². The van der Waals surface area contributed by atoms with Crippen molar-refractivity contribution in [2.75, 3.05) is 0 Å². The minimum absolute atomic E-state index is 0.0945. The number of benzene rings is 1. The molecule has 0 atom stereocenters. The molecule has 0 aliphatic heterocycles. The molecular weight excluding hydrogens is 184 g/mol. The summed E-state index contributed by atoms with van der Waals surface area (Å²) in [6.07, 6.45) is 0.939. The third kappa shape index (κ3) is 2.77. The Hall–Kier alpha value is -0.960.